The molecule has 4 heterocycles. The molecular formula is C17H10N4S2. The number of hydrogen-bond acceptors (Lipinski definition) is 5. The van der Waals surface area contributed by atoms with E-state index in [1.54, 1.807) is 28.9 Å². The average Bonchev–Trinajstić information content (AvgIpc) is 3.31. The van der Waals surface area contributed by atoms with Gasteiger partial charge in [-0.25, -0.2) is 9.97 Å². The molecule has 23 heavy (non-hydrogen) atoms. The zero-order valence-electron chi connectivity index (χ0n) is 11.9. The van der Waals surface area contributed by atoms with Crippen molar-refractivity contribution in [1.29, 1.82) is 0 Å². The molecule has 1 N–H and O–H groups in total. The van der Waals surface area contributed by atoms with Gasteiger partial charge in [0, 0.05) is 18.0 Å². The zero-order chi connectivity index (χ0) is 15.2. The van der Waals surface area contributed by atoms with Crippen molar-refractivity contribution < 1.29 is 0 Å². The third kappa shape index (κ3) is 2.07. The molecule has 0 saturated carbocycles. The van der Waals surface area contributed by atoms with E-state index in [4.69, 9.17) is 9.97 Å². The van der Waals surface area contributed by atoms with Gasteiger partial charge in [0.15, 0.2) is 0 Å². The number of para-hydroxylation sites is 1. The monoisotopic (exact) mass is 334 g/mol. The van der Waals surface area contributed by atoms with Crippen LogP contribution in [0.25, 0.3) is 42.5 Å². The van der Waals surface area contributed by atoms with Gasteiger partial charge in [0.1, 0.15) is 10.8 Å². The Morgan fingerprint density at radius 3 is 2.83 bits per heavy atom. The molecular weight excluding hydrogens is 324 g/mol. The van der Waals surface area contributed by atoms with E-state index in [1.165, 1.54) is 0 Å². The largest absolute Gasteiger partial charge is 0.337 e. The lowest BCUT2D eigenvalue weighted by Crippen LogP contribution is -1.79. The van der Waals surface area contributed by atoms with E-state index < -0.39 is 0 Å². The first-order valence-corrected chi connectivity index (χ1v) is 8.82. The van der Waals surface area contributed by atoms with Gasteiger partial charge >= 0.3 is 0 Å². The molecule has 0 aliphatic carbocycles. The van der Waals surface area contributed by atoms with Crippen LogP contribution in [0, 0.1) is 0 Å². The summed E-state index contributed by atoms with van der Waals surface area (Å²) in [6.07, 6.45) is 3.64. The van der Waals surface area contributed by atoms with Gasteiger partial charge in [-0.3, -0.25) is 4.98 Å². The number of fused-ring (bicyclic) bond motifs is 2. The first kappa shape index (κ1) is 12.9. The molecule has 6 heteroatoms. The molecule has 0 radical (unpaired) electrons. The van der Waals surface area contributed by atoms with Gasteiger partial charge in [0.05, 0.1) is 26.1 Å². The van der Waals surface area contributed by atoms with Crippen molar-refractivity contribution in [3.8, 4) is 21.3 Å². The summed E-state index contributed by atoms with van der Waals surface area (Å²) in [6.45, 7) is 0. The van der Waals surface area contributed by atoms with E-state index in [9.17, 15) is 0 Å². The van der Waals surface area contributed by atoms with Crippen LogP contribution < -0.4 is 0 Å². The predicted molar refractivity (Wildman–Crippen MR) is 95.8 cm³/mol. The van der Waals surface area contributed by atoms with E-state index in [0.29, 0.717) is 0 Å². The number of benzene rings is 1. The summed E-state index contributed by atoms with van der Waals surface area (Å²) in [7, 11) is 0. The van der Waals surface area contributed by atoms with Crippen LogP contribution in [0.15, 0.2) is 54.2 Å². The summed E-state index contributed by atoms with van der Waals surface area (Å²) >= 11 is 3.33. The topological polar surface area (TPSA) is 54.5 Å². The smallest absolute Gasteiger partial charge is 0.148 e. The van der Waals surface area contributed by atoms with Crippen LogP contribution in [-0.4, -0.2) is 19.9 Å². The molecule has 0 unspecified atom stereocenters. The fourth-order valence-corrected chi connectivity index (χ4v) is 4.27. The van der Waals surface area contributed by atoms with Gasteiger partial charge in [-0.1, -0.05) is 12.1 Å². The molecule has 5 aromatic rings. The normalized spacial score (nSPS) is 11.5. The Morgan fingerprint density at radius 1 is 0.957 bits per heavy atom. The Labute approximate surface area is 139 Å². The molecule has 0 aliphatic rings. The lowest BCUT2D eigenvalue weighted by atomic mass is 10.2. The molecule has 0 atom stereocenters. The quantitative estimate of drug-likeness (QED) is 0.496. The number of aromatic nitrogens is 4. The van der Waals surface area contributed by atoms with Crippen molar-refractivity contribution in [2.45, 2.75) is 0 Å². The molecule has 0 amide bonds. The number of thiazole rings is 1. The van der Waals surface area contributed by atoms with Crippen molar-refractivity contribution >= 4 is 43.9 Å². The van der Waals surface area contributed by atoms with Gasteiger partial charge in [-0.2, -0.15) is 0 Å². The molecule has 5 rings (SSSR count). The van der Waals surface area contributed by atoms with Gasteiger partial charge in [-0.05, 0) is 29.6 Å². The molecule has 0 spiro atoms. The average molecular weight is 334 g/mol. The third-order valence-electron chi connectivity index (χ3n) is 3.69. The van der Waals surface area contributed by atoms with Gasteiger partial charge in [0.2, 0.25) is 0 Å². The summed E-state index contributed by atoms with van der Waals surface area (Å²) in [5.74, 6) is 0.908. The Hall–Kier alpha value is -2.57. The zero-order valence-corrected chi connectivity index (χ0v) is 13.5. The van der Waals surface area contributed by atoms with Crippen molar-refractivity contribution in [2.24, 2.45) is 0 Å². The molecule has 4 aromatic heterocycles. The van der Waals surface area contributed by atoms with Crippen LogP contribution in [0.3, 0.4) is 0 Å². The number of pyridine rings is 1. The van der Waals surface area contributed by atoms with Gasteiger partial charge in [-0.15, -0.1) is 22.7 Å². The highest BCUT2D eigenvalue weighted by atomic mass is 32.1. The number of aromatic amines is 1. The molecule has 0 aliphatic heterocycles. The number of nitrogens with zero attached hydrogens (tertiary/aromatic N) is 3. The van der Waals surface area contributed by atoms with E-state index in [1.807, 2.05) is 30.5 Å². The Bertz CT molecular complexity index is 1090. The van der Waals surface area contributed by atoms with Crippen molar-refractivity contribution in [2.75, 3.05) is 0 Å². The maximum absolute atomic E-state index is 4.74. The first-order chi connectivity index (χ1) is 11.4. The van der Waals surface area contributed by atoms with E-state index in [0.717, 1.165) is 42.5 Å². The molecule has 110 valence electrons. The molecule has 0 saturated heterocycles. The summed E-state index contributed by atoms with van der Waals surface area (Å²) in [5.41, 5.74) is 4.06. The molecule has 0 bridgehead atoms. The van der Waals surface area contributed by atoms with Crippen LogP contribution >= 0.6 is 22.7 Å². The van der Waals surface area contributed by atoms with Crippen molar-refractivity contribution in [3.63, 3.8) is 0 Å². The lowest BCUT2D eigenvalue weighted by molar-refractivity contribution is 1.35. The van der Waals surface area contributed by atoms with Crippen molar-refractivity contribution in [1.82, 2.24) is 19.9 Å². The molecule has 0 fully saturated rings. The van der Waals surface area contributed by atoms with Crippen LogP contribution in [0.4, 0.5) is 0 Å². The number of hydrogen-bond donors (Lipinski definition) is 1. The third-order valence-corrected chi connectivity index (χ3v) is 5.61. The standard InChI is InChI=1S/C17H10N4S2/c1-3-10(17-20-11-6-7-18-9-14(11)23-17)15-12(4-1)19-16(21-15)13-5-2-8-22-13/h1-9H,(H,19,21). The Kier molecular flexibility index (Phi) is 2.79. The Morgan fingerprint density at radius 2 is 1.96 bits per heavy atom. The second kappa shape index (κ2) is 4.97. The number of imidazole rings is 1. The maximum atomic E-state index is 4.74. The van der Waals surface area contributed by atoms with Crippen molar-refractivity contribution in [3.05, 3.63) is 54.2 Å². The van der Waals surface area contributed by atoms with Crippen LogP contribution in [-0.2, 0) is 0 Å². The minimum absolute atomic E-state index is 0.908. The highest BCUT2D eigenvalue weighted by Crippen LogP contribution is 2.34. The van der Waals surface area contributed by atoms with Gasteiger partial charge in [0.25, 0.3) is 0 Å². The molecule has 1 aromatic carbocycles. The minimum atomic E-state index is 0.908. The second-order valence-electron chi connectivity index (χ2n) is 5.12. The number of thiophene rings is 1. The summed E-state index contributed by atoms with van der Waals surface area (Å²) in [6, 6.07) is 12.2. The molecule has 4 nitrogen and oxygen atoms in total. The SMILES string of the molecule is c1csc(-c2nc3cccc(-c4nc5ccncc5s4)c3[nH]2)c1. The fourth-order valence-electron chi connectivity index (χ4n) is 2.63. The fraction of sp³-hybridized carbons (Fsp3) is 0. The lowest BCUT2D eigenvalue weighted by Gasteiger charge is -1.97. The predicted octanol–water partition coefficient (Wildman–Crippen LogP) is 4.96. The van der Waals surface area contributed by atoms with E-state index in [-0.39, 0.29) is 0 Å². The van der Waals surface area contributed by atoms with Crippen LogP contribution in [0.2, 0.25) is 0 Å². The minimum Gasteiger partial charge on any atom is -0.337 e. The number of rotatable bonds is 2. The van der Waals surface area contributed by atoms with E-state index >= 15 is 0 Å². The summed E-state index contributed by atoms with van der Waals surface area (Å²) < 4.78 is 1.09. The highest BCUT2D eigenvalue weighted by Gasteiger charge is 2.13. The second-order valence-corrected chi connectivity index (χ2v) is 7.10. The number of H-pyrrole nitrogens is 1. The number of nitrogens with one attached hydrogen (secondary N) is 1. The highest BCUT2D eigenvalue weighted by molar-refractivity contribution is 7.21. The Balaban J connectivity index is 1.74. The first-order valence-electron chi connectivity index (χ1n) is 7.12. The van der Waals surface area contributed by atoms with Crippen LogP contribution in [0.1, 0.15) is 0 Å². The van der Waals surface area contributed by atoms with E-state index in [2.05, 4.69) is 27.5 Å². The summed E-state index contributed by atoms with van der Waals surface area (Å²) in [4.78, 5) is 18.2. The summed E-state index contributed by atoms with van der Waals surface area (Å²) in [5, 5.41) is 3.05. The maximum Gasteiger partial charge on any atom is 0.148 e. The van der Waals surface area contributed by atoms with Crippen LogP contribution in [0.5, 0.6) is 0 Å². The van der Waals surface area contributed by atoms with Gasteiger partial charge < -0.3 is 4.98 Å².